The Morgan fingerprint density at radius 2 is 1.89 bits per heavy atom. The minimum absolute atomic E-state index is 0.0133. The monoisotopic (exact) mass is 388 g/mol. The van der Waals surface area contributed by atoms with Gasteiger partial charge < -0.3 is 19.9 Å². The number of hydrogen-bond donors (Lipinski definition) is 2. The molecule has 0 aliphatic carbocycles. The van der Waals surface area contributed by atoms with Crippen molar-refractivity contribution in [2.24, 2.45) is 0 Å². The molecule has 0 saturated heterocycles. The molecule has 2 aromatic rings. The Morgan fingerprint density at radius 3 is 2.43 bits per heavy atom. The van der Waals surface area contributed by atoms with Gasteiger partial charge in [-0.25, -0.2) is 4.79 Å². The quantitative estimate of drug-likeness (QED) is 0.499. The van der Waals surface area contributed by atoms with Crippen LogP contribution in [0, 0.1) is 10.1 Å². The molecule has 1 amide bonds. The Hall–Kier alpha value is -3.62. The van der Waals surface area contributed by atoms with Gasteiger partial charge in [0.2, 0.25) is 5.75 Å². The highest BCUT2D eigenvalue weighted by atomic mass is 16.6. The van der Waals surface area contributed by atoms with E-state index >= 15 is 0 Å². The lowest BCUT2D eigenvalue weighted by Gasteiger charge is -2.30. The number of nitro benzene ring substituents is 1. The van der Waals surface area contributed by atoms with Crippen molar-refractivity contribution in [1.29, 1.82) is 0 Å². The molecule has 9 nitrogen and oxygen atoms in total. The standard InChI is InChI=1S/C19H20N2O7/c1-3-19(18(23)24,13-7-5-4-6-8-13)20-17(22)12-28-14-9-10-15(21(25)26)16(11-14)27-2/h4-11H,3,12H2,1-2H3,(H,20,22)(H,23,24). The summed E-state index contributed by atoms with van der Waals surface area (Å²) in [6.45, 7) is 1.19. The molecular formula is C19H20N2O7. The summed E-state index contributed by atoms with van der Waals surface area (Å²) in [5.41, 5.74) is -1.39. The molecule has 0 saturated carbocycles. The van der Waals surface area contributed by atoms with Crippen molar-refractivity contribution < 1.29 is 29.1 Å². The first-order valence-electron chi connectivity index (χ1n) is 8.39. The first kappa shape index (κ1) is 20.7. The van der Waals surface area contributed by atoms with Gasteiger partial charge in [0.1, 0.15) is 5.75 Å². The third-order valence-corrected chi connectivity index (χ3v) is 4.23. The SMILES string of the molecule is CCC(NC(=O)COc1ccc([N+](=O)[O-])c(OC)c1)(C(=O)O)c1ccccc1. The second-order valence-electron chi connectivity index (χ2n) is 5.86. The molecule has 9 heteroatoms. The smallest absolute Gasteiger partial charge is 0.334 e. The molecule has 0 radical (unpaired) electrons. The van der Waals surface area contributed by atoms with Crippen molar-refractivity contribution in [1.82, 2.24) is 5.32 Å². The lowest BCUT2D eigenvalue weighted by atomic mass is 9.87. The lowest BCUT2D eigenvalue weighted by Crippen LogP contribution is -2.52. The molecule has 1 atom stereocenters. The van der Waals surface area contributed by atoms with Crippen LogP contribution in [0.1, 0.15) is 18.9 Å². The van der Waals surface area contributed by atoms with Crippen LogP contribution in [0.3, 0.4) is 0 Å². The van der Waals surface area contributed by atoms with E-state index in [-0.39, 0.29) is 23.6 Å². The summed E-state index contributed by atoms with van der Waals surface area (Å²) >= 11 is 0. The maximum Gasteiger partial charge on any atom is 0.334 e. The van der Waals surface area contributed by atoms with Crippen LogP contribution in [-0.2, 0) is 15.1 Å². The number of carboxylic acid groups (broad SMARTS) is 1. The largest absolute Gasteiger partial charge is 0.490 e. The predicted molar refractivity (Wildman–Crippen MR) is 99.3 cm³/mol. The van der Waals surface area contributed by atoms with Gasteiger partial charge in [-0.3, -0.25) is 14.9 Å². The maximum atomic E-state index is 12.4. The van der Waals surface area contributed by atoms with Gasteiger partial charge in [-0.2, -0.15) is 0 Å². The summed E-state index contributed by atoms with van der Waals surface area (Å²) in [5.74, 6) is -1.67. The summed E-state index contributed by atoms with van der Waals surface area (Å²) in [6.07, 6.45) is 0.128. The number of nitrogens with zero attached hydrogens (tertiary/aromatic N) is 1. The molecule has 28 heavy (non-hydrogen) atoms. The molecule has 2 aromatic carbocycles. The van der Waals surface area contributed by atoms with E-state index in [1.807, 2.05) is 0 Å². The Bertz CT molecular complexity index is 870. The number of aliphatic carboxylic acids is 1. The molecule has 1 unspecified atom stereocenters. The highest BCUT2D eigenvalue weighted by Gasteiger charge is 2.40. The van der Waals surface area contributed by atoms with Crippen LogP contribution in [0.25, 0.3) is 0 Å². The number of carboxylic acids is 1. The average Bonchev–Trinajstić information content (AvgIpc) is 2.70. The van der Waals surface area contributed by atoms with Crippen LogP contribution >= 0.6 is 0 Å². The fourth-order valence-electron chi connectivity index (χ4n) is 2.74. The molecule has 0 fully saturated rings. The zero-order valence-corrected chi connectivity index (χ0v) is 15.4. The second-order valence-corrected chi connectivity index (χ2v) is 5.86. The van der Waals surface area contributed by atoms with E-state index in [9.17, 15) is 24.8 Å². The summed E-state index contributed by atoms with van der Waals surface area (Å²) in [5, 5.41) is 23.2. The minimum Gasteiger partial charge on any atom is -0.490 e. The van der Waals surface area contributed by atoms with E-state index in [2.05, 4.69) is 5.32 Å². The molecule has 0 spiro atoms. The molecule has 2 N–H and O–H groups in total. The number of rotatable bonds is 9. The van der Waals surface area contributed by atoms with Crippen LogP contribution in [0.5, 0.6) is 11.5 Å². The predicted octanol–water partition coefficient (Wildman–Crippen LogP) is 2.49. The first-order chi connectivity index (χ1) is 13.3. The van der Waals surface area contributed by atoms with E-state index in [1.165, 1.54) is 25.3 Å². The molecule has 0 aromatic heterocycles. The van der Waals surface area contributed by atoms with E-state index < -0.39 is 28.9 Å². The third-order valence-electron chi connectivity index (χ3n) is 4.23. The zero-order chi connectivity index (χ0) is 20.7. The molecular weight excluding hydrogens is 368 g/mol. The van der Waals surface area contributed by atoms with Gasteiger partial charge >= 0.3 is 11.7 Å². The van der Waals surface area contributed by atoms with Gasteiger partial charge in [0.15, 0.2) is 12.1 Å². The van der Waals surface area contributed by atoms with Crippen molar-refractivity contribution in [3.63, 3.8) is 0 Å². The summed E-state index contributed by atoms with van der Waals surface area (Å²) in [4.78, 5) is 34.6. The van der Waals surface area contributed by atoms with E-state index in [4.69, 9.17) is 9.47 Å². The van der Waals surface area contributed by atoms with Crippen molar-refractivity contribution in [3.8, 4) is 11.5 Å². The van der Waals surface area contributed by atoms with Crippen LogP contribution in [0.4, 0.5) is 5.69 Å². The molecule has 0 aliphatic rings. The minimum atomic E-state index is -1.59. The topological polar surface area (TPSA) is 128 Å². The normalized spacial score (nSPS) is 12.5. The number of ether oxygens (including phenoxy) is 2. The van der Waals surface area contributed by atoms with Gasteiger partial charge in [0, 0.05) is 12.1 Å². The number of methoxy groups -OCH3 is 1. The van der Waals surface area contributed by atoms with E-state index in [0.717, 1.165) is 0 Å². The van der Waals surface area contributed by atoms with Gasteiger partial charge in [0.25, 0.3) is 5.91 Å². The lowest BCUT2D eigenvalue weighted by molar-refractivity contribution is -0.385. The van der Waals surface area contributed by atoms with Crippen LogP contribution in [-0.4, -0.2) is 35.6 Å². The van der Waals surface area contributed by atoms with Gasteiger partial charge in [-0.1, -0.05) is 37.3 Å². The summed E-state index contributed by atoms with van der Waals surface area (Å²) < 4.78 is 10.3. The fraction of sp³-hybridized carbons (Fsp3) is 0.263. The van der Waals surface area contributed by atoms with Crippen molar-refractivity contribution in [3.05, 3.63) is 64.2 Å². The van der Waals surface area contributed by atoms with E-state index in [0.29, 0.717) is 5.56 Å². The number of nitro groups is 1. The van der Waals surface area contributed by atoms with Gasteiger partial charge in [-0.05, 0) is 18.1 Å². The highest BCUT2D eigenvalue weighted by Crippen LogP contribution is 2.31. The average molecular weight is 388 g/mol. The fourth-order valence-corrected chi connectivity index (χ4v) is 2.74. The number of carbonyl (C=O) groups is 2. The Kier molecular flexibility index (Phi) is 6.54. The zero-order valence-electron chi connectivity index (χ0n) is 15.4. The van der Waals surface area contributed by atoms with E-state index in [1.54, 1.807) is 37.3 Å². The van der Waals surface area contributed by atoms with Crippen LogP contribution in [0.15, 0.2) is 48.5 Å². The van der Waals surface area contributed by atoms with Gasteiger partial charge in [0.05, 0.1) is 12.0 Å². The molecule has 148 valence electrons. The Labute approximate surface area is 161 Å². The second kappa shape index (κ2) is 8.85. The Balaban J connectivity index is 2.14. The highest BCUT2D eigenvalue weighted by molar-refractivity contribution is 5.88. The van der Waals surface area contributed by atoms with Crippen molar-refractivity contribution >= 4 is 17.6 Å². The first-order valence-corrected chi connectivity index (χ1v) is 8.39. The number of hydrogen-bond acceptors (Lipinski definition) is 6. The van der Waals surface area contributed by atoms with Crippen molar-refractivity contribution in [2.75, 3.05) is 13.7 Å². The number of benzene rings is 2. The molecule has 0 bridgehead atoms. The number of amides is 1. The Morgan fingerprint density at radius 1 is 1.21 bits per heavy atom. The molecule has 0 heterocycles. The van der Waals surface area contributed by atoms with Gasteiger partial charge in [-0.15, -0.1) is 0 Å². The third kappa shape index (κ3) is 4.37. The van der Waals surface area contributed by atoms with Crippen LogP contribution in [0.2, 0.25) is 0 Å². The van der Waals surface area contributed by atoms with Crippen molar-refractivity contribution in [2.45, 2.75) is 18.9 Å². The maximum absolute atomic E-state index is 12.4. The molecule has 0 aliphatic heterocycles. The number of carbonyl (C=O) groups excluding carboxylic acids is 1. The number of nitrogens with one attached hydrogen (secondary N) is 1. The summed E-state index contributed by atoms with van der Waals surface area (Å²) in [6, 6.07) is 12.2. The molecule has 2 rings (SSSR count). The summed E-state index contributed by atoms with van der Waals surface area (Å²) in [7, 11) is 1.28. The van der Waals surface area contributed by atoms with Crippen LogP contribution < -0.4 is 14.8 Å².